The number of aliphatic carboxylic acids is 2. The third-order valence-corrected chi connectivity index (χ3v) is 13.4. The second-order valence-corrected chi connectivity index (χ2v) is 17.2. The molecule has 3 fully saturated rings. The minimum Gasteiger partial charge on any atom is -0.480 e. The summed E-state index contributed by atoms with van der Waals surface area (Å²) in [5.74, 6) is -2.06. The van der Waals surface area contributed by atoms with Crippen LogP contribution in [0.5, 0.6) is 0 Å². The Bertz CT molecular complexity index is 2720. The Balaban J connectivity index is 0.000000150. The number of carboxylic acids is 2. The lowest BCUT2D eigenvalue weighted by molar-refractivity contribution is -0.383. The number of nitro groups is 1. The van der Waals surface area contributed by atoms with Crippen molar-refractivity contribution in [2.45, 2.75) is 45.7 Å². The number of non-ortho nitro benzene ring substituents is 1. The maximum atomic E-state index is 11.5. The van der Waals surface area contributed by atoms with E-state index in [1.165, 1.54) is 28.4 Å². The summed E-state index contributed by atoms with van der Waals surface area (Å²) in [6, 6.07) is 16.3. The summed E-state index contributed by atoms with van der Waals surface area (Å²) in [5.41, 5.74) is 22.7. The number of carboxylic acid groups (broad SMARTS) is 2. The molecule has 0 aliphatic carbocycles. The predicted octanol–water partition coefficient (Wildman–Crippen LogP) is 4.79. The Morgan fingerprint density at radius 1 is 0.636 bits per heavy atom. The smallest absolute Gasteiger partial charge is 0.320 e. The summed E-state index contributed by atoms with van der Waals surface area (Å²) >= 11 is 0. The molecule has 2 atom stereocenters. The predicted molar refractivity (Wildman–Crippen MR) is 257 cm³/mol. The van der Waals surface area contributed by atoms with Gasteiger partial charge in [0.15, 0.2) is 0 Å². The summed E-state index contributed by atoms with van der Waals surface area (Å²) in [6.07, 6.45) is 0.441. The van der Waals surface area contributed by atoms with Gasteiger partial charge in [-0.15, -0.1) is 0 Å². The van der Waals surface area contributed by atoms with Crippen LogP contribution in [0.15, 0.2) is 54.6 Å². The van der Waals surface area contributed by atoms with Gasteiger partial charge >= 0.3 is 11.9 Å². The fourth-order valence-electron chi connectivity index (χ4n) is 9.39. The molecule has 3 aliphatic heterocycles. The van der Waals surface area contributed by atoms with Crippen LogP contribution in [0.4, 0.5) is 22.7 Å². The molecular weight excluding hydrogens is 847 g/mol. The normalized spacial score (nSPS) is 16.5. The van der Waals surface area contributed by atoms with Crippen molar-refractivity contribution < 1.29 is 38.9 Å². The standard InChI is InChI=1S/C17H22N4O5.C17H23N3O3.C14H18N2O/c1-10-11(9-12(18)17(22)23)15-13(20-5-7-26-8-6-20)3-4-14(21(24)25)16(15)19(10)2;1-11-12(10-13(18)17(21)22)16-14(19(11)2)4-3-5-15(16)20-6-8-23-9-7-20;1-11-10-12-13(15(11)2)4-3-5-14(12)16-6-8-17-9-7-16/h3-4,12H,5-9,18H2,1-2H3,(H,22,23);3-5,13H,6-10,18H2,1-2H3,(H,21,22);3-5,10H,6-9H2,1-2H3. The quantitative estimate of drug-likeness (QED) is 0.107. The van der Waals surface area contributed by atoms with Crippen molar-refractivity contribution in [2.24, 2.45) is 32.6 Å². The number of fused-ring (bicyclic) bond motifs is 3. The first-order valence-corrected chi connectivity index (χ1v) is 22.4. The van der Waals surface area contributed by atoms with Gasteiger partial charge in [0.05, 0.1) is 55.6 Å². The first-order valence-electron chi connectivity index (χ1n) is 22.4. The fraction of sp³-hybridized carbons (Fsp3) is 0.458. The number of hydrogen-bond acceptors (Lipinski definition) is 12. The molecule has 0 amide bonds. The monoisotopic (exact) mass is 909 g/mol. The fourth-order valence-corrected chi connectivity index (χ4v) is 9.39. The summed E-state index contributed by atoms with van der Waals surface area (Å²) in [5, 5.41) is 33.1. The number of benzene rings is 3. The molecule has 0 radical (unpaired) electrons. The molecule has 3 saturated heterocycles. The highest BCUT2D eigenvalue weighted by molar-refractivity contribution is 6.02. The summed E-state index contributed by atoms with van der Waals surface area (Å²) < 4.78 is 22.4. The highest BCUT2D eigenvalue weighted by Gasteiger charge is 2.29. The number of nitro benzene ring substituents is 1. The van der Waals surface area contributed by atoms with Crippen LogP contribution in [0.25, 0.3) is 32.7 Å². The van der Waals surface area contributed by atoms with E-state index in [0.29, 0.717) is 56.8 Å². The van der Waals surface area contributed by atoms with Crippen molar-refractivity contribution in [3.63, 3.8) is 0 Å². The van der Waals surface area contributed by atoms with Crippen LogP contribution in [0.1, 0.15) is 28.2 Å². The molecule has 6 heterocycles. The molecule has 9 rings (SSSR count). The Labute approximate surface area is 383 Å². The first-order chi connectivity index (χ1) is 31.6. The molecule has 354 valence electrons. The van der Waals surface area contributed by atoms with E-state index >= 15 is 0 Å². The molecule has 3 aliphatic rings. The van der Waals surface area contributed by atoms with Crippen LogP contribution in [0, 0.1) is 30.9 Å². The van der Waals surface area contributed by atoms with E-state index in [9.17, 15) is 29.9 Å². The number of morpholine rings is 3. The molecule has 6 aromatic rings. The lowest BCUT2D eigenvalue weighted by Gasteiger charge is -2.30. The van der Waals surface area contributed by atoms with E-state index in [4.69, 9.17) is 25.7 Å². The molecule has 0 spiro atoms. The lowest BCUT2D eigenvalue weighted by atomic mass is 10.0. The molecule has 6 N–H and O–H groups in total. The van der Waals surface area contributed by atoms with Gasteiger partial charge < -0.3 is 64.3 Å². The number of aromatic nitrogens is 3. The highest BCUT2D eigenvalue weighted by atomic mass is 16.6. The largest absolute Gasteiger partial charge is 0.480 e. The van der Waals surface area contributed by atoms with Crippen LogP contribution in [0.2, 0.25) is 0 Å². The molecule has 18 heteroatoms. The molecular formula is C48H63N9O9. The summed E-state index contributed by atoms with van der Waals surface area (Å²) in [6.45, 7) is 15.3. The summed E-state index contributed by atoms with van der Waals surface area (Å²) in [4.78, 5) is 40.4. The topological polar surface area (TPSA) is 222 Å². The van der Waals surface area contributed by atoms with Gasteiger partial charge in [-0.2, -0.15) is 0 Å². The van der Waals surface area contributed by atoms with Gasteiger partial charge in [-0.25, -0.2) is 0 Å². The highest BCUT2D eigenvalue weighted by Crippen LogP contribution is 2.40. The number of aryl methyl sites for hydroxylation is 4. The zero-order valence-electron chi connectivity index (χ0n) is 38.8. The number of ether oxygens (including phenoxy) is 3. The number of anilines is 3. The average Bonchev–Trinajstić information content (AvgIpc) is 3.86. The Morgan fingerprint density at radius 2 is 1.08 bits per heavy atom. The van der Waals surface area contributed by atoms with Gasteiger partial charge in [-0.3, -0.25) is 19.7 Å². The van der Waals surface area contributed by atoms with Crippen molar-refractivity contribution >= 4 is 67.4 Å². The maximum Gasteiger partial charge on any atom is 0.320 e. The molecule has 0 saturated carbocycles. The molecule has 0 bridgehead atoms. The number of nitrogens with zero attached hydrogens (tertiary/aromatic N) is 7. The molecule has 3 aromatic carbocycles. The van der Waals surface area contributed by atoms with Gasteiger partial charge in [0.2, 0.25) is 0 Å². The average molecular weight is 910 g/mol. The number of rotatable bonds is 10. The second kappa shape index (κ2) is 20.6. The third kappa shape index (κ3) is 9.69. The molecule has 18 nitrogen and oxygen atoms in total. The van der Waals surface area contributed by atoms with Gasteiger partial charge in [0.1, 0.15) is 17.6 Å². The molecule has 66 heavy (non-hydrogen) atoms. The van der Waals surface area contributed by atoms with Crippen LogP contribution < -0.4 is 26.2 Å². The first kappa shape index (κ1) is 47.8. The van der Waals surface area contributed by atoms with Crippen molar-refractivity contribution in [3.8, 4) is 0 Å². The van der Waals surface area contributed by atoms with Gasteiger partial charge in [-0.1, -0.05) is 12.1 Å². The Kier molecular flexibility index (Phi) is 14.9. The number of hydrogen-bond donors (Lipinski definition) is 4. The van der Waals surface area contributed by atoms with Crippen LogP contribution in [0.3, 0.4) is 0 Å². The maximum absolute atomic E-state index is 11.5. The van der Waals surface area contributed by atoms with Gasteiger partial charge in [0.25, 0.3) is 5.69 Å². The van der Waals surface area contributed by atoms with Crippen molar-refractivity contribution in [1.29, 1.82) is 0 Å². The van der Waals surface area contributed by atoms with E-state index in [1.807, 2.05) is 27.0 Å². The minimum absolute atomic E-state index is 0.00208. The van der Waals surface area contributed by atoms with E-state index in [2.05, 4.69) is 74.2 Å². The van der Waals surface area contributed by atoms with Gasteiger partial charge in [-0.05, 0) is 68.3 Å². The van der Waals surface area contributed by atoms with E-state index in [0.717, 1.165) is 84.2 Å². The molecule has 3 aromatic heterocycles. The zero-order valence-corrected chi connectivity index (χ0v) is 38.8. The van der Waals surface area contributed by atoms with E-state index in [1.54, 1.807) is 17.7 Å². The van der Waals surface area contributed by atoms with Crippen molar-refractivity contribution in [3.05, 3.63) is 92.9 Å². The lowest BCUT2D eigenvalue weighted by Crippen LogP contribution is -2.36. The number of carbonyl (C=O) groups is 2. The Morgan fingerprint density at radius 3 is 1.58 bits per heavy atom. The minimum atomic E-state index is -1.10. The van der Waals surface area contributed by atoms with E-state index in [-0.39, 0.29) is 12.1 Å². The SMILES string of the molecule is Cc1c(CC(N)C(=O)O)c2c(N3CCOCC3)ccc([N+](=O)[O-])c2n1C.Cc1c(CC(N)C(=O)O)c2c(N3CCOCC3)cccc2n1C.Cc1cc2c(N3CCOCC3)cccc2n1C. The second-order valence-electron chi connectivity index (χ2n) is 17.2. The van der Waals surface area contributed by atoms with Crippen LogP contribution >= 0.6 is 0 Å². The zero-order chi connectivity index (χ0) is 47.4. The van der Waals surface area contributed by atoms with Crippen LogP contribution in [-0.4, -0.2) is 132 Å². The van der Waals surface area contributed by atoms with Crippen molar-refractivity contribution in [1.82, 2.24) is 13.7 Å². The van der Waals surface area contributed by atoms with Crippen molar-refractivity contribution in [2.75, 3.05) is 93.6 Å². The summed E-state index contributed by atoms with van der Waals surface area (Å²) in [7, 11) is 5.89. The van der Waals surface area contributed by atoms with Gasteiger partial charge in [0, 0.05) is 130 Å². The number of nitrogens with two attached hydrogens (primary N) is 2. The van der Waals surface area contributed by atoms with Crippen LogP contribution in [-0.2, 0) is 57.8 Å². The molecule has 2 unspecified atom stereocenters. The third-order valence-electron chi connectivity index (χ3n) is 13.4. The van der Waals surface area contributed by atoms with E-state index < -0.39 is 28.9 Å². The Hall–Kier alpha value is -6.18.